The van der Waals surface area contributed by atoms with Gasteiger partial charge in [-0.25, -0.2) is 4.39 Å². The summed E-state index contributed by atoms with van der Waals surface area (Å²) in [7, 11) is 0. The number of ether oxygens (including phenoxy) is 1. The highest BCUT2D eigenvalue weighted by Crippen LogP contribution is 2.66. The van der Waals surface area contributed by atoms with Crippen molar-refractivity contribution >= 4 is 15.9 Å². The molecule has 2 bridgehead atoms. The Morgan fingerprint density at radius 3 is 2.70 bits per heavy atom. The molecule has 0 amide bonds. The molecule has 1 nitrogen and oxygen atoms in total. The third-order valence-corrected chi connectivity index (χ3v) is 7.07. The van der Waals surface area contributed by atoms with Crippen LogP contribution in [0.5, 0.6) is 0 Å². The van der Waals surface area contributed by atoms with Crippen molar-refractivity contribution in [3.63, 3.8) is 0 Å². The molecule has 2 aliphatic carbocycles. The van der Waals surface area contributed by atoms with Crippen molar-refractivity contribution in [2.45, 2.75) is 52.7 Å². The number of hydrogen-bond donors (Lipinski definition) is 0. The van der Waals surface area contributed by atoms with Crippen molar-refractivity contribution in [1.29, 1.82) is 0 Å². The lowest BCUT2D eigenvalue weighted by Crippen LogP contribution is -2.37. The van der Waals surface area contributed by atoms with Crippen molar-refractivity contribution in [1.82, 2.24) is 0 Å². The van der Waals surface area contributed by atoms with Crippen LogP contribution in [0.2, 0.25) is 0 Å². The van der Waals surface area contributed by atoms with Crippen LogP contribution in [0.1, 0.15) is 45.6 Å². The molecule has 110 valence electrons. The highest BCUT2D eigenvalue weighted by Gasteiger charge is 2.61. The summed E-state index contributed by atoms with van der Waals surface area (Å²) in [6, 6.07) is 5.13. The van der Waals surface area contributed by atoms with Gasteiger partial charge in [-0.05, 0) is 63.6 Å². The van der Waals surface area contributed by atoms with Crippen LogP contribution in [-0.4, -0.2) is 6.10 Å². The topological polar surface area (TPSA) is 9.23 Å². The van der Waals surface area contributed by atoms with E-state index in [2.05, 4.69) is 36.7 Å². The summed E-state index contributed by atoms with van der Waals surface area (Å²) >= 11 is 3.31. The lowest BCUT2D eigenvalue weighted by molar-refractivity contribution is -0.0552. The summed E-state index contributed by atoms with van der Waals surface area (Å²) in [5.41, 5.74) is 1.52. The minimum atomic E-state index is -0.217. The number of rotatable bonds is 3. The highest BCUT2D eigenvalue weighted by molar-refractivity contribution is 9.10. The van der Waals surface area contributed by atoms with Gasteiger partial charge in [0.05, 0.1) is 17.2 Å². The van der Waals surface area contributed by atoms with Crippen molar-refractivity contribution in [3.05, 3.63) is 34.1 Å². The zero-order valence-corrected chi connectivity index (χ0v) is 14.0. The standard InChI is InChI=1S/C17H22BrFO/c1-16(2)12-7-8-17(16,3)14(9-12)20-10-11-5-4-6-13(19)15(11)18/h4-6,12,14H,7-10H2,1-3H3. The molecule has 0 N–H and O–H groups in total. The Morgan fingerprint density at radius 2 is 2.10 bits per heavy atom. The lowest BCUT2D eigenvalue weighted by Gasteiger charge is -2.39. The molecule has 2 saturated carbocycles. The van der Waals surface area contributed by atoms with E-state index in [1.165, 1.54) is 18.9 Å². The Hall–Kier alpha value is -0.410. The average molecular weight is 341 g/mol. The van der Waals surface area contributed by atoms with E-state index in [1.807, 2.05) is 6.07 Å². The van der Waals surface area contributed by atoms with E-state index >= 15 is 0 Å². The van der Waals surface area contributed by atoms with Gasteiger partial charge < -0.3 is 4.74 Å². The minimum Gasteiger partial charge on any atom is -0.373 e. The predicted octanol–water partition coefficient (Wildman–Crippen LogP) is 5.32. The SMILES string of the molecule is CC1(C)C2CCC1(C)C(OCc1cccc(F)c1Br)C2. The first-order chi connectivity index (χ1) is 9.36. The van der Waals surface area contributed by atoms with Crippen LogP contribution >= 0.6 is 15.9 Å². The van der Waals surface area contributed by atoms with Gasteiger partial charge in [-0.2, -0.15) is 0 Å². The molecular weight excluding hydrogens is 319 g/mol. The van der Waals surface area contributed by atoms with Gasteiger partial charge in [0.2, 0.25) is 0 Å². The van der Waals surface area contributed by atoms with Gasteiger partial charge in [0.25, 0.3) is 0 Å². The van der Waals surface area contributed by atoms with Crippen molar-refractivity contribution < 1.29 is 9.13 Å². The largest absolute Gasteiger partial charge is 0.373 e. The summed E-state index contributed by atoms with van der Waals surface area (Å²) in [5, 5.41) is 0. The molecule has 0 radical (unpaired) electrons. The molecule has 2 aliphatic rings. The Morgan fingerprint density at radius 1 is 1.35 bits per heavy atom. The van der Waals surface area contributed by atoms with Crippen LogP contribution in [0.4, 0.5) is 4.39 Å². The number of hydrogen-bond acceptors (Lipinski definition) is 1. The summed E-state index contributed by atoms with van der Waals surface area (Å²) in [5.74, 6) is 0.555. The zero-order chi connectivity index (χ0) is 14.5. The van der Waals surface area contributed by atoms with E-state index in [1.54, 1.807) is 6.07 Å². The van der Waals surface area contributed by atoms with Crippen LogP contribution in [0, 0.1) is 22.6 Å². The first kappa shape index (κ1) is 14.5. The molecule has 3 unspecified atom stereocenters. The third kappa shape index (κ3) is 1.97. The van der Waals surface area contributed by atoms with E-state index in [4.69, 9.17) is 4.74 Å². The summed E-state index contributed by atoms with van der Waals surface area (Å²) < 4.78 is 20.3. The highest BCUT2D eigenvalue weighted by atomic mass is 79.9. The van der Waals surface area contributed by atoms with Crippen LogP contribution in [0.25, 0.3) is 0 Å². The Labute approximate surface area is 129 Å². The van der Waals surface area contributed by atoms with E-state index in [0.717, 1.165) is 17.9 Å². The summed E-state index contributed by atoms with van der Waals surface area (Å²) in [4.78, 5) is 0. The quantitative estimate of drug-likeness (QED) is 0.723. The molecule has 3 atom stereocenters. The fraction of sp³-hybridized carbons (Fsp3) is 0.647. The lowest BCUT2D eigenvalue weighted by atomic mass is 9.70. The summed E-state index contributed by atoms with van der Waals surface area (Å²) in [6.07, 6.45) is 4.02. The monoisotopic (exact) mass is 340 g/mol. The van der Waals surface area contributed by atoms with Gasteiger partial charge in [-0.15, -0.1) is 0 Å². The van der Waals surface area contributed by atoms with Crippen LogP contribution in [-0.2, 0) is 11.3 Å². The van der Waals surface area contributed by atoms with Crippen molar-refractivity contribution in [3.8, 4) is 0 Å². The first-order valence-electron chi connectivity index (χ1n) is 7.41. The molecule has 0 aromatic heterocycles. The Kier molecular flexibility index (Phi) is 3.49. The zero-order valence-electron chi connectivity index (χ0n) is 12.4. The Balaban J connectivity index is 1.73. The van der Waals surface area contributed by atoms with Gasteiger partial charge in [0, 0.05) is 0 Å². The van der Waals surface area contributed by atoms with Gasteiger partial charge in [-0.3, -0.25) is 0 Å². The number of halogens is 2. The van der Waals surface area contributed by atoms with E-state index < -0.39 is 0 Å². The molecule has 2 fully saturated rings. The second kappa shape index (κ2) is 4.81. The van der Waals surface area contributed by atoms with Gasteiger partial charge >= 0.3 is 0 Å². The normalized spacial score (nSPS) is 34.6. The second-order valence-corrected chi connectivity index (χ2v) is 7.92. The maximum Gasteiger partial charge on any atom is 0.137 e. The first-order valence-corrected chi connectivity index (χ1v) is 8.20. The molecule has 0 heterocycles. The van der Waals surface area contributed by atoms with Crippen molar-refractivity contribution in [2.75, 3.05) is 0 Å². The molecule has 3 rings (SSSR count). The smallest absolute Gasteiger partial charge is 0.137 e. The summed E-state index contributed by atoms with van der Waals surface area (Å²) in [6.45, 7) is 7.62. The molecule has 20 heavy (non-hydrogen) atoms. The fourth-order valence-electron chi connectivity index (χ4n) is 4.23. The van der Waals surface area contributed by atoms with Crippen LogP contribution in [0.3, 0.4) is 0 Å². The molecule has 1 aromatic carbocycles. The van der Waals surface area contributed by atoms with E-state index in [-0.39, 0.29) is 11.2 Å². The van der Waals surface area contributed by atoms with Crippen LogP contribution in [0.15, 0.2) is 22.7 Å². The average Bonchev–Trinajstić information content (AvgIpc) is 2.73. The predicted molar refractivity (Wildman–Crippen MR) is 81.9 cm³/mol. The van der Waals surface area contributed by atoms with E-state index in [9.17, 15) is 4.39 Å². The molecule has 1 aromatic rings. The minimum absolute atomic E-state index is 0.217. The van der Waals surface area contributed by atoms with Crippen LogP contribution < -0.4 is 0 Å². The second-order valence-electron chi connectivity index (χ2n) is 7.12. The van der Waals surface area contributed by atoms with Crippen molar-refractivity contribution in [2.24, 2.45) is 16.7 Å². The molecule has 0 spiro atoms. The molecule has 0 aliphatic heterocycles. The maximum absolute atomic E-state index is 13.5. The fourth-order valence-corrected chi connectivity index (χ4v) is 4.61. The maximum atomic E-state index is 13.5. The van der Waals surface area contributed by atoms with Gasteiger partial charge in [-0.1, -0.05) is 32.9 Å². The molecule has 0 saturated heterocycles. The number of benzene rings is 1. The molecular formula is C17H22BrFO. The molecule has 3 heteroatoms. The van der Waals surface area contributed by atoms with E-state index in [0.29, 0.717) is 22.6 Å². The third-order valence-electron chi connectivity index (χ3n) is 6.19. The van der Waals surface area contributed by atoms with Gasteiger partial charge in [0.15, 0.2) is 0 Å². The number of fused-ring (bicyclic) bond motifs is 2. The Bertz CT molecular complexity index is 528. The van der Waals surface area contributed by atoms with Gasteiger partial charge in [0.1, 0.15) is 5.82 Å².